The number of carbonyl (C=O) groups excluding carboxylic acids is 1. The Bertz CT molecular complexity index is 690. The first-order valence-corrected chi connectivity index (χ1v) is 9.11. The van der Waals surface area contributed by atoms with Crippen molar-refractivity contribution in [3.63, 3.8) is 0 Å². The van der Waals surface area contributed by atoms with E-state index in [-0.39, 0.29) is 11.9 Å². The van der Waals surface area contributed by atoms with Crippen molar-refractivity contribution in [2.75, 3.05) is 31.3 Å². The summed E-state index contributed by atoms with van der Waals surface area (Å²) in [6.07, 6.45) is 0. The highest BCUT2D eigenvalue weighted by Gasteiger charge is 2.34. The fourth-order valence-electron chi connectivity index (χ4n) is 2.97. The molecular formula is C18H22N4OS. The maximum atomic E-state index is 13.0. The highest BCUT2D eigenvalue weighted by atomic mass is 32.2. The van der Waals surface area contributed by atoms with Crippen LogP contribution in [-0.2, 0) is 0 Å². The molecule has 2 aromatic rings. The van der Waals surface area contributed by atoms with Gasteiger partial charge in [-0.25, -0.2) is 0 Å². The van der Waals surface area contributed by atoms with Gasteiger partial charge in [0.1, 0.15) is 0 Å². The van der Waals surface area contributed by atoms with Crippen molar-refractivity contribution in [1.29, 1.82) is 0 Å². The Labute approximate surface area is 147 Å². The Kier molecular flexibility index (Phi) is 5.04. The van der Waals surface area contributed by atoms with Gasteiger partial charge in [-0.3, -0.25) is 4.79 Å². The van der Waals surface area contributed by atoms with E-state index in [9.17, 15) is 4.79 Å². The van der Waals surface area contributed by atoms with Gasteiger partial charge in [0.25, 0.3) is 5.91 Å². The van der Waals surface area contributed by atoms with E-state index in [0.29, 0.717) is 10.9 Å². The van der Waals surface area contributed by atoms with Crippen LogP contribution < -0.4 is 4.90 Å². The molecule has 2 atom stereocenters. The Balaban J connectivity index is 1.88. The van der Waals surface area contributed by atoms with Gasteiger partial charge in [0.15, 0.2) is 11.5 Å². The molecule has 126 valence electrons. The molecule has 1 aliphatic rings. The molecule has 0 unspecified atom stereocenters. The summed E-state index contributed by atoms with van der Waals surface area (Å²) < 4.78 is 0. The third-order valence-corrected chi connectivity index (χ3v) is 5.42. The number of hydrogen-bond donors (Lipinski definition) is 0. The normalized spacial score (nSPS) is 20.7. The number of hydrogen-bond acceptors (Lipinski definition) is 5. The van der Waals surface area contributed by atoms with Crippen molar-refractivity contribution in [3.8, 4) is 0 Å². The lowest BCUT2D eigenvalue weighted by atomic mass is 10.0. The Morgan fingerprint density at radius 2 is 1.92 bits per heavy atom. The molecule has 24 heavy (non-hydrogen) atoms. The zero-order chi connectivity index (χ0) is 17.1. The molecule has 1 aromatic heterocycles. The average molecular weight is 342 g/mol. The molecule has 0 spiro atoms. The third-order valence-electron chi connectivity index (χ3n) is 4.22. The molecule has 0 aliphatic carbocycles. The van der Waals surface area contributed by atoms with E-state index in [1.165, 1.54) is 5.56 Å². The fraction of sp³-hybridized carbons (Fsp3) is 0.389. The zero-order valence-corrected chi connectivity index (χ0v) is 15.0. The van der Waals surface area contributed by atoms with E-state index in [1.54, 1.807) is 6.07 Å². The summed E-state index contributed by atoms with van der Waals surface area (Å²) in [5.41, 5.74) is 1.57. The Morgan fingerprint density at radius 1 is 1.17 bits per heavy atom. The largest absolute Gasteiger partial charge is 0.361 e. The molecule has 3 rings (SSSR count). The molecule has 1 fully saturated rings. The number of carbonyl (C=O) groups is 1. The van der Waals surface area contributed by atoms with Crippen LogP contribution in [0.4, 0.5) is 5.82 Å². The molecule has 1 aliphatic heterocycles. The zero-order valence-electron chi connectivity index (χ0n) is 14.2. The van der Waals surface area contributed by atoms with E-state index in [1.807, 2.05) is 59.9 Å². The SMILES string of the molecule is C[C@H]1SCCN(C(=O)c2ccc(N(C)C)nn2)[C@@H]1c1ccccc1. The van der Waals surface area contributed by atoms with Crippen LogP contribution in [0.2, 0.25) is 0 Å². The minimum Gasteiger partial charge on any atom is -0.361 e. The predicted molar refractivity (Wildman–Crippen MR) is 98.5 cm³/mol. The average Bonchev–Trinajstić information content (AvgIpc) is 2.61. The summed E-state index contributed by atoms with van der Waals surface area (Å²) >= 11 is 1.91. The Hall–Kier alpha value is -2.08. The second kappa shape index (κ2) is 7.21. The summed E-state index contributed by atoms with van der Waals surface area (Å²) in [5.74, 6) is 1.64. The molecule has 1 saturated heterocycles. The fourth-order valence-corrected chi connectivity index (χ4v) is 4.13. The lowest BCUT2D eigenvalue weighted by Crippen LogP contribution is -2.44. The van der Waals surface area contributed by atoms with Gasteiger partial charge in [-0.2, -0.15) is 11.8 Å². The molecule has 0 N–H and O–H groups in total. The van der Waals surface area contributed by atoms with Crippen molar-refractivity contribution in [3.05, 3.63) is 53.7 Å². The summed E-state index contributed by atoms with van der Waals surface area (Å²) in [4.78, 5) is 16.8. The molecule has 0 radical (unpaired) electrons. The number of amides is 1. The first-order valence-electron chi connectivity index (χ1n) is 8.06. The van der Waals surface area contributed by atoms with Crippen LogP contribution in [-0.4, -0.2) is 52.6 Å². The number of benzene rings is 1. The maximum Gasteiger partial charge on any atom is 0.274 e. The molecule has 6 heteroatoms. The quantitative estimate of drug-likeness (QED) is 0.858. The van der Waals surface area contributed by atoms with Gasteiger partial charge in [0.2, 0.25) is 0 Å². The summed E-state index contributed by atoms with van der Waals surface area (Å²) in [6, 6.07) is 13.9. The van der Waals surface area contributed by atoms with Crippen molar-refractivity contribution < 1.29 is 4.79 Å². The topological polar surface area (TPSA) is 49.3 Å². The third kappa shape index (κ3) is 3.38. The van der Waals surface area contributed by atoms with E-state index in [0.717, 1.165) is 18.1 Å². The number of aromatic nitrogens is 2. The van der Waals surface area contributed by atoms with Gasteiger partial charge >= 0.3 is 0 Å². The van der Waals surface area contributed by atoms with Gasteiger partial charge in [0, 0.05) is 31.6 Å². The van der Waals surface area contributed by atoms with Gasteiger partial charge in [-0.15, -0.1) is 10.2 Å². The molecular weight excluding hydrogens is 320 g/mol. The van der Waals surface area contributed by atoms with Crippen LogP contribution >= 0.6 is 11.8 Å². The van der Waals surface area contributed by atoms with Crippen molar-refractivity contribution in [1.82, 2.24) is 15.1 Å². The first-order chi connectivity index (χ1) is 11.6. The van der Waals surface area contributed by atoms with Gasteiger partial charge < -0.3 is 9.80 Å². The van der Waals surface area contributed by atoms with Crippen LogP contribution in [0.25, 0.3) is 0 Å². The van der Waals surface area contributed by atoms with Crippen LogP contribution in [0.5, 0.6) is 0 Å². The van der Waals surface area contributed by atoms with Crippen molar-refractivity contribution in [2.45, 2.75) is 18.2 Å². The smallest absolute Gasteiger partial charge is 0.274 e. The van der Waals surface area contributed by atoms with Crippen molar-refractivity contribution in [2.24, 2.45) is 0 Å². The highest BCUT2D eigenvalue weighted by molar-refractivity contribution is 8.00. The predicted octanol–water partition coefficient (Wildman–Crippen LogP) is 2.86. The van der Waals surface area contributed by atoms with Crippen molar-refractivity contribution >= 4 is 23.5 Å². The van der Waals surface area contributed by atoms with E-state index >= 15 is 0 Å². The number of anilines is 1. The highest BCUT2D eigenvalue weighted by Crippen LogP contribution is 2.36. The first kappa shape index (κ1) is 16.8. The summed E-state index contributed by atoms with van der Waals surface area (Å²) in [5, 5.41) is 8.62. The van der Waals surface area contributed by atoms with Crippen LogP contribution in [0, 0.1) is 0 Å². The molecule has 0 saturated carbocycles. The van der Waals surface area contributed by atoms with Gasteiger partial charge in [-0.05, 0) is 17.7 Å². The lowest BCUT2D eigenvalue weighted by molar-refractivity contribution is 0.0673. The molecule has 5 nitrogen and oxygen atoms in total. The van der Waals surface area contributed by atoms with E-state index < -0.39 is 0 Å². The minimum atomic E-state index is -0.0474. The second-order valence-electron chi connectivity index (χ2n) is 6.10. The molecule has 2 heterocycles. The second-order valence-corrected chi connectivity index (χ2v) is 7.59. The minimum absolute atomic E-state index is 0.0474. The van der Waals surface area contributed by atoms with Crippen LogP contribution in [0.1, 0.15) is 29.0 Å². The maximum absolute atomic E-state index is 13.0. The molecule has 1 amide bonds. The number of rotatable bonds is 3. The van der Waals surface area contributed by atoms with Crippen LogP contribution in [0.15, 0.2) is 42.5 Å². The molecule has 1 aromatic carbocycles. The van der Waals surface area contributed by atoms with Gasteiger partial charge in [0.05, 0.1) is 6.04 Å². The Morgan fingerprint density at radius 3 is 2.54 bits per heavy atom. The van der Waals surface area contributed by atoms with Gasteiger partial charge in [-0.1, -0.05) is 37.3 Å². The van der Waals surface area contributed by atoms with Crippen LogP contribution in [0.3, 0.4) is 0 Å². The molecule has 0 bridgehead atoms. The van der Waals surface area contributed by atoms with E-state index in [2.05, 4.69) is 29.3 Å². The van der Waals surface area contributed by atoms with E-state index in [4.69, 9.17) is 0 Å². The lowest BCUT2D eigenvalue weighted by Gasteiger charge is -2.39. The number of nitrogens with zero attached hydrogens (tertiary/aromatic N) is 4. The number of thioether (sulfide) groups is 1. The monoisotopic (exact) mass is 342 g/mol. The summed E-state index contributed by atoms with van der Waals surface area (Å²) in [7, 11) is 3.81. The summed E-state index contributed by atoms with van der Waals surface area (Å²) in [6.45, 7) is 2.91. The standard InChI is InChI=1S/C18H22N4OS/c1-13-17(14-7-5-4-6-8-14)22(11-12-24-13)18(23)15-9-10-16(20-19-15)21(2)3/h4-10,13,17H,11-12H2,1-3H3/t13-,17+/m1/s1.